The maximum absolute atomic E-state index is 12.0. The largest absolute Gasteiger partial charge is 0.508 e. The van der Waals surface area contributed by atoms with Crippen molar-refractivity contribution < 1.29 is 18.0 Å². The Labute approximate surface area is 111 Å². The molecule has 0 saturated heterocycles. The number of benzene rings is 1. The number of anilines is 1. The van der Waals surface area contributed by atoms with Crippen LogP contribution >= 0.6 is 0 Å². The number of phenolic OH excluding ortho intramolecular Hbond substituents is 1. The molecule has 2 aromatic rings. The van der Waals surface area contributed by atoms with Gasteiger partial charge in [-0.1, -0.05) is 11.2 Å². The van der Waals surface area contributed by atoms with Gasteiger partial charge < -0.3 is 9.63 Å². The topological polar surface area (TPSA) is 92.4 Å². The Kier molecular flexibility index (Phi) is 3.48. The fraction of sp³-hybridized carbons (Fsp3) is 0.250. The summed E-state index contributed by atoms with van der Waals surface area (Å²) in [6, 6.07) is 6.21. The lowest BCUT2D eigenvalue weighted by atomic mass is 10.2. The minimum absolute atomic E-state index is 0.0393. The van der Waals surface area contributed by atoms with E-state index in [1.165, 1.54) is 6.07 Å². The van der Waals surface area contributed by atoms with Crippen molar-refractivity contribution in [3.63, 3.8) is 0 Å². The third-order valence-corrected chi connectivity index (χ3v) is 3.79. The summed E-state index contributed by atoms with van der Waals surface area (Å²) in [5, 5.41) is 13.2. The number of aromatic hydroxyl groups is 1. The highest BCUT2D eigenvalue weighted by molar-refractivity contribution is 7.91. The molecule has 0 aliphatic heterocycles. The maximum atomic E-state index is 12.0. The van der Waals surface area contributed by atoms with E-state index in [2.05, 4.69) is 9.88 Å². The SMILES string of the molecule is Cc1cc(CS(=O)(=O)Nc2cccc(O)c2C)no1. The van der Waals surface area contributed by atoms with E-state index in [9.17, 15) is 13.5 Å². The molecule has 2 rings (SSSR count). The molecular formula is C12H14N2O4S. The highest BCUT2D eigenvalue weighted by atomic mass is 32.2. The first-order valence-corrected chi connectivity index (χ1v) is 7.24. The molecule has 1 heterocycles. The van der Waals surface area contributed by atoms with Crippen LogP contribution in [0.15, 0.2) is 28.8 Å². The van der Waals surface area contributed by atoms with Crippen molar-refractivity contribution in [3.8, 4) is 5.75 Å². The van der Waals surface area contributed by atoms with Crippen LogP contribution in [0.1, 0.15) is 17.0 Å². The zero-order valence-corrected chi connectivity index (χ0v) is 11.4. The van der Waals surface area contributed by atoms with Crippen LogP contribution in [-0.2, 0) is 15.8 Å². The van der Waals surface area contributed by atoms with Crippen molar-refractivity contribution in [1.82, 2.24) is 5.16 Å². The van der Waals surface area contributed by atoms with Gasteiger partial charge in [-0.05, 0) is 26.0 Å². The fourth-order valence-corrected chi connectivity index (χ4v) is 2.77. The summed E-state index contributed by atoms with van der Waals surface area (Å²) in [6.45, 7) is 3.32. The molecule has 1 aromatic carbocycles. The molecular weight excluding hydrogens is 268 g/mol. The van der Waals surface area contributed by atoms with E-state index in [1.54, 1.807) is 32.0 Å². The number of hydrogen-bond donors (Lipinski definition) is 2. The standard InChI is InChI=1S/C12H14N2O4S/c1-8-6-10(13-18-8)7-19(16,17)14-11-4-3-5-12(15)9(11)2/h3-6,14-15H,7H2,1-2H3. The highest BCUT2D eigenvalue weighted by Gasteiger charge is 2.16. The van der Waals surface area contributed by atoms with Gasteiger partial charge in [0.15, 0.2) is 0 Å². The number of nitrogens with zero attached hydrogens (tertiary/aromatic N) is 1. The molecule has 0 fully saturated rings. The van der Waals surface area contributed by atoms with Crippen LogP contribution in [0.3, 0.4) is 0 Å². The molecule has 0 unspecified atom stereocenters. The first kappa shape index (κ1) is 13.4. The molecule has 0 aliphatic carbocycles. The van der Waals surface area contributed by atoms with Gasteiger partial charge in [-0.3, -0.25) is 4.72 Å². The number of sulfonamides is 1. The molecule has 0 atom stereocenters. The van der Waals surface area contributed by atoms with Crippen LogP contribution in [0.5, 0.6) is 5.75 Å². The summed E-state index contributed by atoms with van der Waals surface area (Å²) < 4.78 is 31.2. The van der Waals surface area contributed by atoms with Crippen molar-refractivity contribution in [2.75, 3.05) is 4.72 Å². The van der Waals surface area contributed by atoms with Crippen LogP contribution in [0.25, 0.3) is 0 Å². The molecule has 0 amide bonds. The maximum Gasteiger partial charge on any atom is 0.238 e. The smallest absolute Gasteiger partial charge is 0.238 e. The van der Waals surface area contributed by atoms with Gasteiger partial charge in [-0.15, -0.1) is 0 Å². The molecule has 0 aliphatic rings. The number of hydrogen-bond acceptors (Lipinski definition) is 5. The zero-order chi connectivity index (χ0) is 14.0. The Hall–Kier alpha value is -2.02. The Bertz CT molecular complexity index is 692. The second kappa shape index (κ2) is 4.93. The number of aromatic nitrogens is 1. The Balaban J connectivity index is 2.19. The van der Waals surface area contributed by atoms with Gasteiger partial charge in [0, 0.05) is 11.6 Å². The molecule has 2 N–H and O–H groups in total. The summed E-state index contributed by atoms with van der Waals surface area (Å²) in [6.07, 6.45) is 0. The summed E-state index contributed by atoms with van der Waals surface area (Å²) in [4.78, 5) is 0. The fourth-order valence-electron chi connectivity index (χ4n) is 1.62. The number of rotatable bonds is 4. The van der Waals surface area contributed by atoms with E-state index in [0.717, 1.165) is 0 Å². The number of aryl methyl sites for hydroxylation is 1. The monoisotopic (exact) mass is 282 g/mol. The molecule has 0 saturated carbocycles. The minimum atomic E-state index is -3.60. The van der Waals surface area contributed by atoms with Crippen molar-refractivity contribution in [3.05, 3.63) is 41.3 Å². The highest BCUT2D eigenvalue weighted by Crippen LogP contribution is 2.25. The van der Waals surface area contributed by atoms with Gasteiger partial charge in [-0.2, -0.15) is 0 Å². The molecule has 0 spiro atoms. The molecule has 0 radical (unpaired) electrons. The van der Waals surface area contributed by atoms with Crippen LogP contribution < -0.4 is 4.72 Å². The van der Waals surface area contributed by atoms with Gasteiger partial charge in [0.25, 0.3) is 0 Å². The summed E-state index contributed by atoms with van der Waals surface area (Å²) in [7, 11) is -3.60. The minimum Gasteiger partial charge on any atom is -0.508 e. The molecule has 6 nitrogen and oxygen atoms in total. The van der Waals surface area contributed by atoms with Crippen LogP contribution in [0.2, 0.25) is 0 Å². The third-order valence-electron chi connectivity index (χ3n) is 2.59. The molecule has 19 heavy (non-hydrogen) atoms. The molecule has 0 bridgehead atoms. The lowest BCUT2D eigenvalue weighted by Gasteiger charge is -2.10. The summed E-state index contributed by atoms with van der Waals surface area (Å²) in [5.74, 6) is 0.315. The summed E-state index contributed by atoms with van der Waals surface area (Å²) in [5.41, 5.74) is 1.16. The van der Waals surface area contributed by atoms with E-state index >= 15 is 0 Å². The first-order chi connectivity index (χ1) is 8.87. The quantitative estimate of drug-likeness (QED) is 0.894. The second-order valence-corrected chi connectivity index (χ2v) is 5.96. The average molecular weight is 282 g/mol. The number of nitrogens with one attached hydrogen (secondary N) is 1. The first-order valence-electron chi connectivity index (χ1n) is 5.58. The Morgan fingerprint density at radius 1 is 1.37 bits per heavy atom. The molecule has 102 valence electrons. The van der Waals surface area contributed by atoms with E-state index < -0.39 is 10.0 Å². The van der Waals surface area contributed by atoms with Gasteiger partial charge >= 0.3 is 0 Å². The van der Waals surface area contributed by atoms with E-state index in [-0.39, 0.29) is 11.5 Å². The van der Waals surface area contributed by atoms with Crippen molar-refractivity contribution in [2.45, 2.75) is 19.6 Å². The summed E-state index contributed by atoms with van der Waals surface area (Å²) >= 11 is 0. The van der Waals surface area contributed by atoms with Gasteiger partial charge in [0.05, 0.1) is 5.69 Å². The van der Waals surface area contributed by atoms with Crippen LogP contribution in [-0.4, -0.2) is 18.7 Å². The predicted octanol–water partition coefficient (Wildman–Crippen LogP) is 1.94. The van der Waals surface area contributed by atoms with E-state index in [0.29, 0.717) is 22.7 Å². The lowest BCUT2D eigenvalue weighted by molar-refractivity contribution is 0.392. The average Bonchev–Trinajstić information content (AvgIpc) is 2.69. The van der Waals surface area contributed by atoms with Crippen molar-refractivity contribution in [2.24, 2.45) is 0 Å². The molecule has 7 heteroatoms. The van der Waals surface area contributed by atoms with Gasteiger partial charge in [-0.25, -0.2) is 8.42 Å². The van der Waals surface area contributed by atoms with E-state index in [1.807, 2.05) is 0 Å². The second-order valence-electron chi connectivity index (χ2n) is 4.24. The molecule has 1 aromatic heterocycles. The Morgan fingerprint density at radius 3 is 2.74 bits per heavy atom. The van der Waals surface area contributed by atoms with Gasteiger partial charge in [0.1, 0.15) is 23.0 Å². The van der Waals surface area contributed by atoms with E-state index in [4.69, 9.17) is 4.52 Å². The van der Waals surface area contributed by atoms with Crippen molar-refractivity contribution >= 4 is 15.7 Å². The number of phenols is 1. The van der Waals surface area contributed by atoms with Crippen molar-refractivity contribution in [1.29, 1.82) is 0 Å². The third kappa shape index (κ3) is 3.25. The van der Waals surface area contributed by atoms with Gasteiger partial charge in [0.2, 0.25) is 10.0 Å². The normalized spacial score (nSPS) is 11.5. The van der Waals surface area contributed by atoms with Crippen LogP contribution in [0, 0.1) is 13.8 Å². The Morgan fingerprint density at radius 2 is 2.11 bits per heavy atom. The lowest BCUT2D eigenvalue weighted by Crippen LogP contribution is -2.16. The predicted molar refractivity (Wildman–Crippen MR) is 70.3 cm³/mol. The zero-order valence-electron chi connectivity index (χ0n) is 10.5. The van der Waals surface area contributed by atoms with Crippen LogP contribution in [0.4, 0.5) is 5.69 Å².